The summed E-state index contributed by atoms with van der Waals surface area (Å²) in [6.45, 7) is 6.28. The molecule has 0 radical (unpaired) electrons. The van der Waals surface area contributed by atoms with Gasteiger partial charge in [0.15, 0.2) is 0 Å². The Morgan fingerprint density at radius 2 is 1.85 bits per heavy atom. The Bertz CT molecular complexity index is 1310. The molecule has 33 heavy (non-hydrogen) atoms. The summed E-state index contributed by atoms with van der Waals surface area (Å²) < 4.78 is 6.17. The van der Waals surface area contributed by atoms with E-state index in [2.05, 4.69) is 37.5 Å². The van der Waals surface area contributed by atoms with Gasteiger partial charge in [0.25, 0.3) is 0 Å². The van der Waals surface area contributed by atoms with Crippen LogP contribution in [0.15, 0.2) is 48.9 Å². The molecule has 1 aromatic carbocycles. The van der Waals surface area contributed by atoms with Gasteiger partial charge in [-0.3, -0.25) is 10.1 Å². The predicted molar refractivity (Wildman–Crippen MR) is 130 cm³/mol. The lowest BCUT2D eigenvalue weighted by molar-refractivity contribution is 0.120. The van der Waals surface area contributed by atoms with E-state index in [9.17, 15) is 0 Å². The number of hydrogen-bond acceptors (Lipinski definition) is 6. The number of nitrogens with zero attached hydrogens (tertiary/aromatic N) is 4. The number of aromatic nitrogens is 4. The van der Waals surface area contributed by atoms with Crippen LogP contribution in [-0.2, 0) is 0 Å². The van der Waals surface area contributed by atoms with Crippen LogP contribution in [0, 0.1) is 5.41 Å². The number of ether oxygens (including phenoxy) is 1. The third-order valence-electron chi connectivity index (χ3n) is 6.54. The number of halogens is 2. The maximum atomic E-state index is 6.29. The van der Waals surface area contributed by atoms with Crippen molar-refractivity contribution in [3.8, 4) is 17.0 Å². The zero-order valence-electron chi connectivity index (χ0n) is 18.0. The second-order valence-corrected chi connectivity index (χ2v) is 9.74. The molecule has 2 N–H and O–H groups in total. The summed E-state index contributed by atoms with van der Waals surface area (Å²) in [6.07, 6.45) is 4.69. The van der Waals surface area contributed by atoms with Crippen LogP contribution in [0.5, 0.6) is 5.75 Å². The average molecular weight is 481 g/mol. The lowest BCUT2D eigenvalue weighted by Crippen LogP contribution is -2.71. The number of rotatable bonds is 5. The molecule has 1 atom stereocenters. The Labute approximate surface area is 201 Å². The molecule has 2 aliphatic rings. The summed E-state index contributed by atoms with van der Waals surface area (Å²) in [7, 11) is 0. The number of nitrogens with one attached hydrogen (secondary N) is 2. The van der Waals surface area contributed by atoms with E-state index in [4.69, 9.17) is 32.9 Å². The lowest BCUT2D eigenvalue weighted by atomic mass is 9.74. The van der Waals surface area contributed by atoms with Gasteiger partial charge in [0, 0.05) is 66.7 Å². The second kappa shape index (κ2) is 7.87. The predicted octanol–water partition coefficient (Wildman–Crippen LogP) is 4.88. The summed E-state index contributed by atoms with van der Waals surface area (Å²) in [4.78, 5) is 11.0. The van der Waals surface area contributed by atoms with Crippen LogP contribution in [0.2, 0.25) is 10.0 Å². The number of H-pyrrole nitrogens is 1. The van der Waals surface area contributed by atoms with E-state index in [1.54, 1.807) is 12.4 Å². The monoisotopic (exact) mass is 480 g/mol. The van der Waals surface area contributed by atoms with Crippen LogP contribution in [0.1, 0.15) is 18.6 Å². The van der Waals surface area contributed by atoms with Crippen molar-refractivity contribution in [1.82, 2.24) is 25.5 Å². The molecule has 4 aromatic rings. The van der Waals surface area contributed by atoms with Crippen LogP contribution < -0.4 is 15.0 Å². The molecule has 1 unspecified atom stereocenters. The molecule has 9 heteroatoms. The number of hydrogen-bond donors (Lipinski definition) is 2. The molecule has 1 spiro atoms. The third kappa shape index (κ3) is 3.60. The van der Waals surface area contributed by atoms with E-state index in [0.717, 1.165) is 54.2 Å². The summed E-state index contributed by atoms with van der Waals surface area (Å²) in [5, 5.41) is 12.9. The van der Waals surface area contributed by atoms with E-state index in [-0.39, 0.29) is 6.10 Å². The highest BCUT2D eigenvalue weighted by atomic mass is 35.5. The van der Waals surface area contributed by atoms with E-state index in [0.29, 0.717) is 26.8 Å². The fourth-order valence-corrected chi connectivity index (χ4v) is 5.37. The van der Waals surface area contributed by atoms with Gasteiger partial charge < -0.3 is 15.0 Å². The van der Waals surface area contributed by atoms with Crippen LogP contribution in [0.3, 0.4) is 0 Å². The number of pyridine rings is 2. The minimum Gasteiger partial charge on any atom is -0.486 e. The van der Waals surface area contributed by atoms with Crippen molar-refractivity contribution in [2.45, 2.75) is 13.0 Å². The van der Waals surface area contributed by atoms with Crippen LogP contribution in [0.25, 0.3) is 22.2 Å². The van der Waals surface area contributed by atoms with Gasteiger partial charge in [0.2, 0.25) is 0 Å². The average Bonchev–Trinajstić information content (AvgIpc) is 3.15. The number of benzene rings is 1. The Morgan fingerprint density at radius 3 is 2.52 bits per heavy atom. The summed E-state index contributed by atoms with van der Waals surface area (Å²) in [5.74, 6) is 1.71. The van der Waals surface area contributed by atoms with E-state index >= 15 is 0 Å². The Morgan fingerprint density at radius 1 is 1.06 bits per heavy atom. The van der Waals surface area contributed by atoms with Crippen molar-refractivity contribution in [3.63, 3.8) is 0 Å². The molecule has 2 fully saturated rings. The number of aromatic amines is 1. The SMILES string of the molecule is CC(Oc1ccc2[nH]nc(-c3ccc(N4CC5(CNC5)C4)nc3)c2c1)c1c(Cl)cncc1Cl. The first-order valence-corrected chi connectivity index (χ1v) is 11.6. The summed E-state index contributed by atoms with van der Waals surface area (Å²) >= 11 is 12.6. The zero-order valence-corrected chi connectivity index (χ0v) is 19.5. The fourth-order valence-electron chi connectivity index (χ4n) is 4.70. The first-order chi connectivity index (χ1) is 16.0. The van der Waals surface area contributed by atoms with E-state index in [1.807, 2.05) is 31.3 Å². The maximum Gasteiger partial charge on any atom is 0.128 e. The highest BCUT2D eigenvalue weighted by molar-refractivity contribution is 6.35. The fraction of sp³-hybridized carbons (Fsp3) is 0.292. The Balaban J connectivity index is 1.24. The van der Waals surface area contributed by atoms with Gasteiger partial charge in [0.05, 0.1) is 15.6 Å². The molecule has 0 saturated carbocycles. The zero-order chi connectivity index (χ0) is 22.6. The molecule has 0 aliphatic carbocycles. The normalized spacial score (nSPS) is 17.6. The van der Waals surface area contributed by atoms with E-state index < -0.39 is 0 Å². The highest BCUT2D eigenvalue weighted by Gasteiger charge is 2.47. The molecule has 2 saturated heterocycles. The van der Waals surface area contributed by atoms with Crippen LogP contribution in [0.4, 0.5) is 5.82 Å². The molecule has 168 valence electrons. The second-order valence-electron chi connectivity index (χ2n) is 8.92. The van der Waals surface area contributed by atoms with Crippen molar-refractivity contribution in [2.24, 2.45) is 5.41 Å². The number of fused-ring (bicyclic) bond motifs is 1. The number of anilines is 1. The third-order valence-corrected chi connectivity index (χ3v) is 7.14. The molecule has 7 nitrogen and oxygen atoms in total. The molecule has 2 aliphatic heterocycles. The van der Waals surface area contributed by atoms with Gasteiger partial charge in [-0.2, -0.15) is 5.10 Å². The van der Waals surface area contributed by atoms with Crippen molar-refractivity contribution in [3.05, 3.63) is 64.5 Å². The molecule has 3 aromatic heterocycles. The molecular formula is C24H22Cl2N6O. The van der Waals surface area contributed by atoms with Crippen LogP contribution >= 0.6 is 23.2 Å². The molecule has 0 amide bonds. The first-order valence-electron chi connectivity index (χ1n) is 10.9. The lowest BCUT2D eigenvalue weighted by Gasteiger charge is -2.56. The van der Waals surface area contributed by atoms with Crippen molar-refractivity contribution < 1.29 is 4.74 Å². The van der Waals surface area contributed by atoms with Crippen molar-refractivity contribution in [2.75, 3.05) is 31.1 Å². The largest absolute Gasteiger partial charge is 0.486 e. The molecule has 5 heterocycles. The van der Waals surface area contributed by atoms with Gasteiger partial charge in [-0.05, 0) is 37.3 Å². The smallest absolute Gasteiger partial charge is 0.128 e. The van der Waals surface area contributed by atoms with Crippen LogP contribution in [-0.4, -0.2) is 46.3 Å². The summed E-state index contributed by atoms with van der Waals surface area (Å²) in [5.41, 5.74) is 3.90. The Hall–Kier alpha value is -2.87. The summed E-state index contributed by atoms with van der Waals surface area (Å²) in [6, 6.07) is 9.99. The van der Waals surface area contributed by atoms with Gasteiger partial charge in [-0.1, -0.05) is 23.2 Å². The van der Waals surface area contributed by atoms with Gasteiger partial charge in [0.1, 0.15) is 23.4 Å². The molecular weight excluding hydrogens is 459 g/mol. The highest BCUT2D eigenvalue weighted by Crippen LogP contribution is 2.38. The minimum absolute atomic E-state index is 0.340. The minimum atomic E-state index is -0.340. The Kier molecular flexibility index (Phi) is 4.94. The topological polar surface area (TPSA) is 79.0 Å². The maximum absolute atomic E-state index is 6.29. The molecule has 0 bridgehead atoms. The quantitative estimate of drug-likeness (QED) is 0.423. The van der Waals surface area contributed by atoms with Gasteiger partial charge >= 0.3 is 0 Å². The standard InChI is InChI=1S/C24H22Cl2N6O/c1-14(22-18(25)8-27-9-19(22)26)33-16-3-4-20-17(6-16)23(31-30-20)15-2-5-21(29-7-15)32-12-24(13-32)10-28-11-24/h2-9,14,28H,10-13H2,1H3,(H,30,31). The van der Waals surface area contributed by atoms with Crippen molar-refractivity contribution in [1.29, 1.82) is 0 Å². The van der Waals surface area contributed by atoms with E-state index in [1.165, 1.54) is 0 Å². The van der Waals surface area contributed by atoms with Crippen molar-refractivity contribution >= 4 is 39.9 Å². The van der Waals surface area contributed by atoms with Gasteiger partial charge in [-0.25, -0.2) is 4.98 Å². The first kappa shape index (κ1) is 20.7. The molecule has 6 rings (SSSR count). The van der Waals surface area contributed by atoms with Gasteiger partial charge in [-0.15, -0.1) is 0 Å².